The standard InChI is InChI=1S/C13H21F3N4/c1-12(2,3)19-8-10-7-18-11(9-17-10)20(4)6-5-13(14,15)16/h7,9,19H,5-6,8H2,1-4H3. The fourth-order valence-electron chi connectivity index (χ4n) is 1.40. The maximum atomic E-state index is 12.1. The summed E-state index contributed by atoms with van der Waals surface area (Å²) in [6.07, 6.45) is -1.94. The number of aromatic nitrogens is 2. The van der Waals surface area contributed by atoms with E-state index >= 15 is 0 Å². The topological polar surface area (TPSA) is 41.1 Å². The van der Waals surface area contributed by atoms with Gasteiger partial charge in [-0.05, 0) is 20.8 Å². The minimum absolute atomic E-state index is 0.0240. The van der Waals surface area contributed by atoms with Crippen molar-refractivity contribution in [2.45, 2.75) is 45.5 Å². The van der Waals surface area contributed by atoms with Gasteiger partial charge in [0.1, 0.15) is 5.82 Å². The Kier molecular flexibility index (Phi) is 5.33. The molecule has 0 radical (unpaired) electrons. The van der Waals surface area contributed by atoms with Crippen LogP contribution in [-0.2, 0) is 6.54 Å². The summed E-state index contributed by atoms with van der Waals surface area (Å²) in [6.45, 7) is 6.57. The highest BCUT2D eigenvalue weighted by Crippen LogP contribution is 2.20. The molecule has 114 valence electrons. The second kappa shape index (κ2) is 6.39. The van der Waals surface area contributed by atoms with Crippen molar-refractivity contribution in [3.63, 3.8) is 0 Å². The van der Waals surface area contributed by atoms with Crippen LogP contribution in [-0.4, -0.2) is 35.3 Å². The van der Waals surface area contributed by atoms with Crippen molar-refractivity contribution in [3.05, 3.63) is 18.1 Å². The van der Waals surface area contributed by atoms with E-state index in [1.807, 2.05) is 20.8 Å². The van der Waals surface area contributed by atoms with Crippen LogP contribution in [0, 0.1) is 0 Å². The Morgan fingerprint density at radius 3 is 2.25 bits per heavy atom. The molecule has 20 heavy (non-hydrogen) atoms. The van der Waals surface area contributed by atoms with E-state index < -0.39 is 12.6 Å². The molecule has 4 nitrogen and oxygen atoms in total. The Labute approximate surface area is 117 Å². The zero-order valence-corrected chi connectivity index (χ0v) is 12.3. The molecule has 1 aromatic heterocycles. The molecule has 0 aliphatic heterocycles. The van der Waals surface area contributed by atoms with E-state index in [1.54, 1.807) is 13.2 Å². The van der Waals surface area contributed by atoms with Gasteiger partial charge in [-0.2, -0.15) is 13.2 Å². The van der Waals surface area contributed by atoms with Crippen molar-refractivity contribution in [1.29, 1.82) is 0 Å². The Morgan fingerprint density at radius 2 is 1.80 bits per heavy atom. The molecular weight excluding hydrogens is 269 g/mol. The Balaban J connectivity index is 2.53. The number of nitrogens with zero attached hydrogens (tertiary/aromatic N) is 3. The number of nitrogens with one attached hydrogen (secondary N) is 1. The molecule has 0 aliphatic rings. The highest BCUT2D eigenvalue weighted by molar-refractivity contribution is 5.34. The monoisotopic (exact) mass is 290 g/mol. The van der Waals surface area contributed by atoms with Gasteiger partial charge in [0, 0.05) is 25.7 Å². The summed E-state index contributed by atoms with van der Waals surface area (Å²) >= 11 is 0. The quantitative estimate of drug-likeness (QED) is 0.905. The van der Waals surface area contributed by atoms with Crippen molar-refractivity contribution in [1.82, 2.24) is 15.3 Å². The minimum Gasteiger partial charge on any atom is -0.358 e. The first-order chi connectivity index (χ1) is 9.07. The molecule has 0 fully saturated rings. The Morgan fingerprint density at radius 1 is 1.15 bits per heavy atom. The van der Waals surface area contributed by atoms with Crippen molar-refractivity contribution >= 4 is 5.82 Å². The molecule has 0 unspecified atom stereocenters. The van der Waals surface area contributed by atoms with Gasteiger partial charge in [0.15, 0.2) is 0 Å². The highest BCUT2D eigenvalue weighted by Gasteiger charge is 2.27. The van der Waals surface area contributed by atoms with Crippen molar-refractivity contribution < 1.29 is 13.2 Å². The van der Waals surface area contributed by atoms with Crippen LogP contribution in [0.4, 0.5) is 19.0 Å². The first kappa shape index (κ1) is 16.7. The summed E-state index contributed by atoms with van der Waals surface area (Å²) in [5, 5.41) is 3.27. The molecule has 7 heteroatoms. The first-order valence-electron chi connectivity index (χ1n) is 6.41. The minimum atomic E-state index is -4.15. The normalized spacial score (nSPS) is 12.6. The number of halogens is 3. The van der Waals surface area contributed by atoms with Gasteiger partial charge in [0.05, 0.1) is 24.5 Å². The van der Waals surface area contributed by atoms with Crippen LogP contribution in [0.15, 0.2) is 12.4 Å². The van der Waals surface area contributed by atoms with Crippen LogP contribution < -0.4 is 10.2 Å². The molecule has 0 saturated carbocycles. The molecular formula is C13H21F3N4. The molecule has 1 aromatic rings. The van der Waals surface area contributed by atoms with E-state index in [9.17, 15) is 13.2 Å². The van der Waals surface area contributed by atoms with E-state index in [0.29, 0.717) is 12.4 Å². The third-order valence-electron chi connectivity index (χ3n) is 2.61. The number of alkyl halides is 3. The molecule has 1 heterocycles. The third-order valence-corrected chi connectivity index (χ3v) is 2.61. The third kappa shape index (κ3) is 6.70. The van der Waals surface area contributed by atoms with E-state index in [-0.39, 0.29) is 12.1 Å². The lowest BCUT2D eigenvalue weighted by Crippen LogP contribution is -2.35. The van der Waals surface area contributed by atoms with Crippen LogP contribution >= 0.6 is 0 Å². The van der Waals surface area contributed by atoms with Crippen molar-refractivity contribution in [2.24, 2.45) is 0 Å². The lowest BCUT2D eigenvalue weighted by molar-refractivity contribution is -0.132. The molecule has 0 atom stereocenters. The lowest BCUT2D eigenvalue weighted by atomic mass is 10.1. The summed E-state index contributed by atoms with van der Waals surface area (Å²) in [5.74, 6) is 0.439. The molecule has 1 N–H and O–H groups in total. The van der Waals surface area contributed by atoms with E-state index in [4.69, 9.17) is 0 Å². The zero-order valence-electron chi connectivity index (χ0n) is 12.3. The van der Waals surface area contributed by atoms with E-state index in [1.165, 1.54) is 11.1 Å². The van der Waals surface area contributed by atoms with Gasteiger partial charge < -0.3 is 10.2 Å². The zero-order chi connectivity index (χ0) is 15.4. The molecule has 0 spiro atoms. The summed E-state index contributed by atoms with van der Waals surface area (Å²) in [7, 11) is 1.57. The average molecular weight is 290 g/mol. The molecule has 0 amide bonds. The Hall–Kier alpha value is -1.37. The van der Waals surface area contributed by atoms with E-state index in [0.717, 1.165) is 5.69 Å². The molecule has 0 aliphatic carbocycles. The van der Waals surface area contributed by atoms with Crippen LogP contribution in [0.5, 0.6) is 0 Å². The fraction of sp³-hybridized carbons (Fsp3) is 0.692. The second-order valence-electron chi connectivity index (χ2n) is 5.76. The molecule has 0 saturated heterocycles. The van der Waals surface area contributed by atoms with E-state index in [2.05, 4.69) is 15.3 Å². The van der Waals surface area contributed by atoms with Gasteiger partial charge in [-0.3, -0.25) is 4.98 Å². The molecule has 0 aromatic carbocycles. The number of rotatable bonds is 5. The molecule has 1 rings (SSSR count). The molecule has 0 bridgehead atoms. The largest absolute Gasteiger partial charge is 0.390 e. The first-order valence-corrected chi connectivity index (χ1v) is 6.41. The SMILES string of the molecule is CN(CCC(F)(F)F)c1cnc(CNC(C)(C)C)cn1. The lowest BCUT2D eigenvalue weighted by Gasteiger charge is -2.21. The average Bonchev–Trinajstić information content (AvgIpc) is 2.32. The smallest absolute Gasteiger partial charge is 0.358 e. The second-order valence-corrected chi connectivity index (χ2v) is 5.76. The summed E-state index contributed by atoms with van der Waals surface area (Å²) in [5.41, 5.74) is 0.733. The van der Waals surface area contributed by atoms with Gasteiger partial charge >= 0.3 is 6.18 Å². The van der Waals surface area contributed by atoms with Crippen LogP contribution in [0.3, 0.4) is 0 Å². The van der Waals surface area contributed by atoms with Gasteiger partial charge in [-0.25, -0.2) is 4.98 Å². The summed E-state index contributed by atoms with van der Waals surface area (Å²) in [6, 6.07) is 0. The number of hydrogen-bond acceptors (Lipinski definition) is 4. The van der Waals surface area contributed by atoms with Gasteiger partial charge in [0.2, 0.25) is 0 Å². The summed E-state index contributed by atoms with van der Waals surface area (Å²) < 4.78 is 36.4. The van der Waals surface area contributed by atoms with Crippen LogP contribution in [0.25, 0.3) is 0 Å². The highest BCUT2D eigenvalue weighted by atomic mass is 19.4. The maximum Gasteiger partial charge on any atom is 0.390 e. The number of anilines is 1. The predicted molar refractivity (Wildman–Crippen MR) is 72.6 cm³/mol. The maximum absolute atomic E-state index is 12.1. The number of hydrogen-bond donors (Lipinski definition) is 1. The van der Waals surface area contributed by atoms with Gasteiger partial charge in [0.25, 0.3) is 0 Å². The van der Waals surface area contributed by atoms with Gasteiger partial charge in [-0.1, -0.05) is 0 Å². The van der Waals surface area contributed by atoms with Crippen molar-refractivity contribution in [3.8, 4) is 0 Å². The fourth-order valence-corrected chi connectivity index (χ4v) is 1.40. The van der Waals surface area contributed by atoms with Gasteiger partial charge in [-0.15, -0.1) is 0 Å². The van der Waals surface area contributed by atoms with Crippen LogP contribution in [0.1, 0.15) is 32.9 Å². The predicted octanol–water partition coefficient (Wildman–Crippen LogP) is 2.75. The Bertz CT molecular complexity index is 409. The van der Waals surface area contributed by atoms with Crippen molar-refractivity contribution in [2.75, 3.05) is 18.5 Å². The van der Waals surface area contributed by atoms with Crippen LogP contribution in [0.2, 0.25) is 0 Å². The summed E-state index contributed by atoms with van der Waals surface area (Å²) in [4.78, 5) is 9.78.